The summed E-state index contributed by atoms with van der Waals surface area (Å²) >= 11 is 3.52. The maximum absolute atomic E-state index is 12.6. The van der Waals surface area contributed by atoms with E-state index in [4.69, 9.17) is 9.47 Å². The smallest absolute Gasteiger partial charge is 0.251 e. The lowest BCUT2D eigenvalue weighted by Gasteiger charge is -2.21. The number of aliphatic hydroxyl groups excluding tert-OH is 1. The Balaban J connectivity index is 1.93. The minimum atomic E-state index is -0.112. The topological polar surface area (TPSA) is 63.9 Å². The highest BCUT2D eigenvalue weighted by Crippen LogP contribution is 2.27. The van der Waals surface area contributed by atoms with Gasteiger partial charge in [-0.05, 0) is 36.9 Å². The Morgan fingerprint density at radius 3 is 2.48 bits per heavy atom. The van der Waals surface area contributed by atoms with E-state index in [-0.39, 0.29) is 18.7 Å². The Morgan fingerprint density at radius 1 is 1.03 bits per heavy atom. The molecule has 0 fully saturated rings. The van der Waals surface area contributed by atoms with Gasteiger partial charge in [-0.25, -0.2) is 0 Å². The summed E-state index contributed by atoms with van der Waals surface area (Å²) in [6.45, 7) is 1.44. The largest absolute Gasteiger partial charge is 0.497 e. The molecule has 0 radical (unpaired) electrons. The van der Waals surface area contributed by atoms with Crippen molar-refractivity contribution in [1.29, 1.82) is 0 Å². The van der Waals surface area contributed by atoms with E-state index in [0.29, 0.717) is 13.1 Å². The van der Waals surface area contributed by atoms with Crippen LogP contribution in [0.15, 0.2) is 51.7 Å². The fraction of sp³-hybridized carbons (Fsp3) is 0.318. The van der Waals surface area contributed by atoms with Crippen LogP contribution in [0.3, 0.4) is 0 Å². The highest BCUT2D eigenvalue weighted by molar-refractivity contribution is 9.10. The average Bonchev–Trinajstić information content (AvgIpc) is 2.71. The van der Waals surface area contributed by atoms with Gasteiger partial charge in [-0.2, -0.15) is 0 Å². The third-order valence-corrected chi connectivity index (χ3v) is 5.35. The number of pyridine rings is 1. The molecule has 0 aliphatic heterocycles. The second-order valence-electron chi connectivity index (χ2n) is 6.89. The van der Waals surface area contributed by atoms with Crippen molar-refractivity contribution in [3.63, 3.8) is 0 Å². The number of rotatable bonds is 8. The number of hydrogen-bond donors (Lipinski definition) is 1. The van der Waals surface area contributed by atoms with Crippen molar-refractivity contribution < 1.29 is 14.6 Å². The normalized spacial score (nSPS) is 11.2. The first-order valence-corrected chi connectivity index (χ1v) is 10.1. The lowest BCUT2D eigenvalue weighted by molar-refractivity contribution is 0.276. The van der Waals surface area contributed by atoms with Crippen molar-refractivity contribution >= 4 is 26.8 Å². The summed E-state index contributed by atoms with van der Waals surface area (Å²) in [6.07, 6.45) is 0. The Hall–Kier alpha value is -2.35. The van der Waals surface area contributed by atoms with E-state index in [0.717, 1.165) is 38.0 Å². The summed E-state index contributed by atoms with van der Waals surface area (Å²) in [4.78, 5) is 14.8. The molecule has 0 aliphatic carbocycles. The van der Waals surface area contributed by atoms with Crippen LogP contribution < -0.4 is 15.0 Å². The molecule has 1 heterocycles. The number of benzene rings is 2. The van der Waals surface area contributed by atoms with Crippen LogP contribution in [0.2, 0.25) is 0 Å². The number of aliphatic hydroxyl groups is 1. The van der Waals surface area contributed by atoms with Gasteiger partial charge < -0.3 is 19.1 Å². The van der Waals surface area contributed by atoms with Gasteiger partial charge in [-0.15, -0.1) is 0 Å². The summed E-state index contributed by atoms with van der Waals surface area (Å²) in [6, 6.07) is 13.3. The molecule has 29 heavy (non-hydrogen) atoms. The zero-order valence-electron chi connectivity index (χ0n) is 16.8. The van der Waals surface area contributed by atoms with E-state index in [1.165, 1.54) is 0 Å². The monoisotopic (exact) mass is 460 g/mol. The molecule has 3 rings (SSSR count). The second kappa shape index (κ2) is 9.43. The van der Waals surface area contributed by atoms with Crippen LogP contribution in [0.5, 0.6) is 11.5 Å². The molecule has 7 heteroatoms. The minimum absolute atomic E-state index is 0.0818. The Morgan fingerprint density at radius 2 is 1.79 bits per heavy atom. The van der Waals surface area contributed by atoms with Gasteiger partial charge >= 0.3 is 0 Å². The van der Waals surface area contributed by atoms with Crippen molar-refractivity contribution in [1.82, 2.24) is 9.47 Å². The van der Waals surface area contributed by atoms with Crippen molar-refractivity contribution in [3.8, 4) is 11.5 Å². The molecule has 0 atom stereocenters. The molecule has 0 saturated heterocycles. The summed E-state index contributed by atoms with van der Waals surface area (Å²) < 4.78 is 13.3. The predicted octanol–water partition coefficient (Wildman–Crippen LogP) is 3.41. The summed E-state index contributed by atoms with van der Waals surface area (Å²) in [5.41, 5.74) is 2.69. The lowest BCUT2D eigenvalue weighted by Crippen LogP contribution is -2.25. The number of halogens is 1. The standard InChI is InChI=1S/C22H25BrN2O4/c1-24(13-15-4-6-18(28-2)12-21(15)29-3)14-16-10-22(27)25(8-9-26)20-7-5-17(23)11-19(16)20/h4-7,10-12,26H,8-9,13-14H2,1-3H3. The fourth-order valence-electron chi connectivity index (χ4n) is 3.51. The van der Waals surface area contributed by atoms with Crippen molar-refractivity contribution in [2.75, 3.05) is 27.9 Å². The Kier molecular flexibility index (Phi) is 6.95. The summed E-state index contributed by atoms with van der Waals surface area (Å²) in [5.74, 6) is 1.51. The highest BCUT2D eigenvalue weighted by Gasteiger charge is 2.13. The molecule has 154 valence electrons. The van der Waals surface area contributed by atoms with Crippen molar-refractivity contribution in [2.24, 2.45) is 0 Å². The number of fused-ring (bicyclic) bond motifs is 1. The number of ether oxygens (including phenoxy) is 2. The Labute approximate surface area is 178 Å². The third kappa shape index (κ3) is 4.80. The van der Waals surface area contributed by atoms with Crippen LogP contribution in [0.1, 0.15) is 11.1 Å². The van der Waals surface area contributed by atoms with Crippen LogP contribution in [-0.2, 0) is 19.6 Å². The molecule has 0 bridgehead atoms. The van der Waals surface area contributed by atoms with E-state index in [1.54, 1.807) is 24.9 Å². The molecular weight excluding hydrogens is 436 g/mol. The molecular formula is C22H25BrN2O4. The zero-order chi connectivity index (χ0) is 21.0. The Bertz CT molecular complexity index is 1060. The van der Waals surface area contributed by atoms with Gasteiger partial charge in [0.15, 0.2) is 0 Å². The first-order valence-electron chi connectivity index (χ1n) is 9.29. The lowest BCUT2D eigenvalue weighted by atomic mass is 10.1. The number of aromatic nitrogens is 1. The molecule has 3 aromatic rings. The van der Waals surface area contributed by atoms with Gasteiger partial charge in [0.05, 0.1) is 26.3 Å². The highest BCUT2D eigenvalue weighted by atomic mass is 79.9. The van der Waals surface area contributed by atoms with Gasteiger partial charge in [0.1, 0.15) is 11.5 Å². The third-order valence-electron chi connectivity index (χ3n) is 4.86. The van der Waals surface area contributed by atoms with Gasteiger partial charge in [0.25, 0.3) is 5.56 Å². The fourth-order valence-corrected chi connectivity index (χ4v) is 3.87. The van der Waals surface area contributed by atoms with Gasteiger partial charge in [-0.3, -0.25) is 9.69 Å². The SMILES string of the molecule is COc1ccc(CN(C)Cc2cc(=O)n(CCO)c3ccc(Br)cc23)c(OC)c1. The minimum Gasteiger partial charge on any atom is -0.497 e. The molecule has 1 N–H and O–H groups in total. The number of nitrogens with zero attached hydrogens (tertiary/aromatic N) is 2. The predicted molar refractivity (Wildman–Crippen MR) is 118 cm³/mol. The van der Waals surface area contributed by atoms with E-state index in [9.17, 15) is 9.90 Å². The summed E-state index contributed by atoms with van der Waals surface area (Å²) in [5, 5.41) is 10.3. The van der Waals surface area contributed by atoms with Gasteiger partial charge in [-0.1, -0.05) is 22.0 Å². The summed E-state index contributed by atoms with van der Waals surface area (Å²) in [7, 11) is 5.28. The second-order valence-corrected chi connectivity index (χ2v) is 7.81. The van der Waals surface area contributed by atoms with Crippen LogP contribution in [-0.4, -0.2) is 42.4 Å². The molecule has 2 aromatic carbocycles. The quantitative estimate of drug-likeness (QED) is 0.557. The first-order chi connectivity index (χ1) is 14.0. The number of methoxy groups -OCH3 is 2. The first kappa shape index (κ1) is 21.4. The molecule has 1 aromatic heterocycles. The van der Waals surface area contributed by atoms with Crippen molar-refractivity contribution in [3.05, 3.63) is 68.4 Å². The van der Waals surface area contributed by atoms with Crippen LogP contribution in [0.4, 0.5) is 0 Å². The van der Waals surface area contributed by atoms with E-state index in [1.807, 2.05) is 43.4 Å². The number of hydrogen-bond acceptors (Lipinski definition) is 5. The van der Waals surface area contributed by atoms with E-state index >= 15 is 0 Å². The van der Waals surface area contributed by atoms with Crippen LogP contribution >= 0.6 is 15.9 Å². The van der Waals surface area contributed by atoms with Crippen LogP contribution in [0, 0.1) is 0 Å². The average molecular weight is 461 g/mol. The molecule has 0 saturated carbocycles. The molecule has 0 aliphatic rings. The molecule has 0 spiro atoms. The van der Waals surface area contributed by atoms with Gasteiger partial charge in [0, 0.05) is 47.2 Å². The molecule has 6 nitrogen and oxygen atoms in total. The van der Waals surface area contributed by atoms with Crippen molar-refractivity contribution in [2.45, 2.75) is 19.6 Å². The molecule has 0 unspecified atom stereocenters. The van der Waals surface area contributed by atoms with E-state index in [2.05, 4.69) is 20.8 Å². The van der Waals surface area contributed by atoms with Crippen LogP contribution in [0.25, 0.3) is 10.9 Å². The van der Waals surface area contributed by atoms with E-state index < -0.39 is 0 Å². The van der Waals surface area contributed by atoms with Gasteiger partial charge in [0.2, 0.25) is 0 Å². The maximum Gasteiger partial charge on any atom is 0.251 e. The zero-order valence-corrected chi connectivity index (χ0v) is 18.4. The molecule has 0 amide bonds. The maximum atomic E-state index is 12.6.